The van der Waals surface area contributed by atoms with Gasteiger partial charge in [-0.3, -0.25) is 4.63 Å². The molecule has 0 saturated heterocycles. The molecule has 5 rings (SSSR count). The van der Waals surface area contributed by atoms with E-state index in [1.54, 1.807) is 42.5 Å². The third-order valence-electron chi connectivity index (χ3n) is 6.12. The lowest BCUT2D eigenvalue weighted by Gasteiger charge is -2.11. The highest BCUT2D eigenvalue weighted by atomic mass is 35.5. The molecule has 0 atom stereocenters. The standard InChI is InChI=1S/C27H20Cl2N2O8S/c1-16-19-11-10-17(14-24(19)38-27(32)20(16)15-21-22(28)8-5-9-23(21)29)36-12-13-37-25-26(31(33)39-30-25)40(34,35)18-6-3-2-4-7-18/h2-11,14H,12-13,15H2,1H3. The number of nitrogens with zero attached hydrogens (tertiary/aromatic N) is 2. The summed E-state index contributed by atoms with van der Waals surface area (Å²) in [6.07, 6.45) is 0.214. The first-order valence-electron chi connectivity index (χ1n) is 11.8. The van der Waals surface area contributed by atoms with Gasteiger partial charge in [-0.25, -0.2) is 13.2 Å². The molecule has 0 bridgehead atoms. The summed E-state index contributed by atoms with van der Waals surface area (Å²) in [5, 5.41) is 16.3. The fourth-order valence-electron chi connectivity index (χ4n) is 4.09. The molecule has 0 aliphatic carbocycles. The minimum Gasteiger partial charge on any atom is -0.490 e. The van der Waals surface area contributed by atoms with Crippen LogP contribution in [-0.4, -0.2) is 26.8 Å². The Labute approximate surface area is 237 Å². The summed E-state index contributed by atoms with van der Waals surface area (Å²) in [6, 6.07) is 17.5. The van der Waals surface area contributed by atoms with Crippen molar-refractivity contribution in [2.45, 2.75) is 23.3 Å². The number of fused-ring (bicyclic) bond motifs is 1. The molecule has 5 aromatic rings. The first kappa shape index (κ1) is 27.5. The Morgan fingerprint density at radius 3 is 2.38 bits per heavy atom. The highest BCUT2D eigenvalue weighted by molar-refractivity contribution is 7.91. The van der Waals surface area contributed by atoms with Gasteiger partial charge >= 0.3 is 16.5 Å². The molecule has 13 heteroatoms. The molecule has 10 nitrogen and oxygen atoms in total. The molecule has 0 fully saturated rings. The molecule has 0 N–H and O–H groups in total. The van der Waals surface area contributed by atoms with E-state index in [-0.39, 0.29) is 29.4 Å². The third kappa shape index (κ3) is 5.35. The monoisotopic (exact) mass is 602 g/mol. The van der Waals surface area contributed by atoms with Crippen molar-refractivity contribution in [1.29, 1.82) is 0 Å². The molecule has 0 aliphatic rings. The van der Waals surface area contributed by atoms with Gasteiger partial charge in [0, 0.05) is 33.5 Å². The number of sulfone groups is 1. The predicted octanol–water partition coefficient (Wildman–Crippen LogP) is 4.91. The van der Waals surface area contributed by atoms with Crippen LogP contribution >= 0.6 is 23.2 Å². The van der Waals surface area contributed by atoms with Crippen LogP contribution in [-0.2, 0) is 16.3 Å². The summed E-state index contributed by atoms with van der Waals surface area (Å²) < 4.78 is 46.8. The van der Waals surface area contributed by atoms with Crippen molar-refractivity contribution < 1.29 is 31.8 Å². The zero-order valence-electron chi connectivity index (χ0n) is 20.8. The van der Waals surface area contributed by atoms with Gasteiger partial charge in [0.1, 0.15) is 24.5 Å². The number of benzene rings is 3. The van der Waals surface area contributed by atoms with Crippen LogP contribution in [0.5, 0.6) is 11.6 Å². The minimum atomic E-state index is -4.24. The number of aryl methyl sites for hydroxylation is 1. The number of ether oxygens (including phenoxy) is 2. The maximum Gasteiger partial charge on any atom is 0.415 e. The highest BCUT2D eigenvalue weighted by Gasteiger charge is 2.35. The highest BCUT2D eigenvalue weighted by Crippen LogP contribution is 2.30. The summed E-state index contributed by atoms with van der Waals surface area (Å²) in [6.45, 7) is 1.60. The van der Waals surface area contributed by atoms with E-state index >= 15 is 0 Å². The zero-order valence-corrected chi connectivity index (χ0v) is 23.1. The molecule has 0 spiro atoms. The minimum absolute atomic E-state index is 0.0473. The van der Waals surface area contributed by atoms with Gasteiger partial charge in [-0.2, -0.15) is 0 Å². The lowest BCUT2D eigenvalue weighted by atomic mass is 9.99. The third-order valence-corrected chi connectivity index (χ3v) is 8.55. The molecule has 2 aromatic heterocycles. The number of aromatic nitrogens is 2. The lowest BCUT2D eigenvalue weighted by Crippen LogP contribution is -2.31. The average Bonchev–Trinajstić information content (AvgIpc) is 3.31. The summed E-state index contributed by atoms with van der Waals surface area (Å²) in [5.74, 6) is -0.120. The lowest BCUT2D eigenvalue weighted by molar-refractivity contribution is -0.832. The predicted molar refractivity (Wildman–Crippen MR) is 145 cm³/mol. The van der Waals surface area contributed by atoms with Crippen LogP contribution in [0.1, 0.15) is 16.7 Å². The summed E-state index contributed by atoms with van der Waals surface area (Å²) in [5.41, 5.74) is 1.59. The van der Waals surface area contributed by atoms with Crippen molar-refractivity contribution in [2.24, 2.45) is 0 Å². The van der Waals surface area contributed by atoms with Crippen molar-refractivity contribution in [1.82, 2.24) is 5.16 Å². The van der Waals surface area contributed by atoms with Crippen LogP contribution in [0.4, 0.5) is 0 Å². The van der Waals surface area contributed by atoms with E-state index in [4.69, 9.17) is 37.1 Å². The molecule has 206 valence electrons. The zero-order chi connectivity index (χ0) is 28.4. The van der Waals surface area contributed by atoms with Gasteiger partial charge < -0.3 is 19.1 Å². The van der Waals surface area contributed by atoms with Gasteiger partial charge in [-0.1, -0.05) is 47.5 Å². The first-order valence-corrected chi connectivity index (χ1v) is 14.1. The van der Waals surface area contributed by atoms with Crippen molar-refractivity contribution in [3.63, 3.8) is 0 Å². The molecule has 0 saturated carbocycles. The van der Waals surface area contributed by atoms with Gasteiger partial charge in [0.15, 0.2) is 0 Å². The molecule has 0 radical (unpaired) electrons. The second kappa shape index (κ2) is 11.2. The molecule has 0 aliphatic heterocycles. The van der Waals surface area contributed by atoms with Crippen LogP contribution in [0.25, 0.3) is 11.0 Å². The first-order chi connectivity index (χ1) is 19.2. The number of hydrogen-bond donors (Lipinski definition) is 0. The van der Waals surface area contributed by atoms with Crippen molar-refractivity contribution in [3.8, 4) is 11.6 Å². The Hall–Kier alpha value is -4.06. The van der Waals surface area contributed by atoms with Crippen LogP contribution in [0.2, 0.25) is 10.0 Å². The van der Waals surface area contributed by atoms with Crippen LogP contribution in [0.3, 0.4) is 0 Å². The second-order valence-corrected chi connectivity index (χ2v) is 11.3. The Morgan fingerprint density at radius 1 is 0.950 bits per heavy atom. The van der Waals surface area contributed by atoms with Crippen molar-refractivity contribution in [2.75, 3.05) is 13.2 Å². The van der Waals surface area contributed by atoms with E-state index in [0.29, 0.717) is 37.9 Å². The Kier molecular flexibility index (Phi) is 7.70. The Bertz CT molecular complexity index is 1850. The fourth-order valence-corrected chi connectivity index (χ4v) is 5.91. The average molecular weight is 603 g/mol. The van der Waals surface area contributed by atoms with Gasteiger partial charge in [-0.05, 0) is 59.4 Å². The van der Waals surface area contributed by atoms with E-state index in [2.05, 4.69) is 9.79 Å². The van der Waals surface area contributed by atoms with E-state index in [9.17, 15) is 18.4 Å². The van der Waals surface area contributed by atoms with E-state index in [0.717, 1.165) is 5.56 Å². The van der Waals surface area contributed by atoms with E-state index < -0.39 is 26.4 Å². The molecule has 0 unspecified atom stereocenters. The molecule has 40 heavy (non-hydrogen) atoms. The summed E-state index contributed by atoms with van der Waals surface area (Å²) in [4.78, 5) is 12.5. The number of hydrogen-bond acceptors (Lipinski definition) is 9. The van der Waals surface area contributed by atoms with Gasteiger partial charge in [-0.15, -0.1) is 0 Å². The molecular formula is C27H20Cl2N2O8S. The van der Waals surface area contributed by atoms with Crippen LogP contribution < -0.4 is 20.0 Å². The van der Waals surface area contributed by atoms with Crippen LogP contribution in [0.15, 0.2) is 90.5 Å². The quantitative estimate of drug-likeness (QED) is 0.131. The smallest absolute Gasteiger partial charge is 0.415 e. The van der Waals surface area contributed by atoms with Gasteiger partial charge in [0.2, 0.25) is 0 Å². The SMILES string of the molecule is Cc1c(Cc2c(Cl)cccc2Cl)c(=O)oc2cc(OCCOc3no[n+]([O-])c3S(=O)(=O)c3ccccc3)ccc12. The molecule has 3 aromatic carbocycles. The maximum absolute atomic E-state index is 12.8. The summed E-state index contributed by atoms with van der Waals surface area (Å²) in [7, 11) is -4.24. The van der Waals surface area contributed by atoms with Crippen LogP contribution in [0, 0.1) is 12.1 Å². The largest absolute Gasteiger partial charge is 0.490 e. The Balaban J connectivity index is 1.29. The fraction of sp³-hybridized carbons (Fsp3) is 0.148. The normalized spacial score (nSPS) is 11.6. The number of halogens is 2. The van der Waals surface area contributed by atoms with Crippen molar-refractivity contribution >= 4 is 44.0 Å². The molecular weight excluding hydrogens is 583 g/mol. The summed E-state index contributed by atoms with van der Waals surface area (Å²) >= 11 is 12.6. The topological polar surface area (TPSA) is 136 Å². The van der Waals surface area contributed by atoms with Gasteiger partial charge in [0.25, 0.3) is 9.84 Å². The maximum atomic E-state index is 12.8. The number of rotatable bonds is 9. The van der Waals surface area contributed by atoms with Crippen molar-refractivity contribution in [3.05, 3.63) is 109 Å². The second-order valence-electron chi connectivity index (χ2n) is 8.58. The van der Waals surface area contributed by atoms with E-state index in [1.165, 1.54) is 24.3 Å². The molecule has 0 amide bonds. The van der Waals surface area contributed by atoms with Gasteiger partial charge in [0.05, 0.1) is 10.1 Å². The molecule has 2 heterocycles. The van der Waals surface area contributed by atoms with E-state index in [1.807, 2.05) is 6.92 Å². The Morgan fingerprint density at radius 2 is 1.65 bits per heavy atom.